The van der Waals surface area contributed by atoms with E-state index < -0.39 is 0 Å². The van der Waals surface area contributed by atoms with Crippen molar-refractivity contribution in [2.24, 2.45) is 5.16 Å². The lowest BCUT2D eigenvalue weighted by Gasteiger charge is -2.15. The average Bonchev–Trinajstić information content (AvgIpc) is 2.72. The normalized spacial score (nSPS) is 12.9. The smallest absolute Gasteiger partial charge is 0.125 e. The summed E-state index contributed by atoms with van der Waals surface area (Å²) in [6, 6.07) is 15.1. The lowest BCUT2D eigenvalue weighted by atomic mass is 9.91. The predicted octanol–water partition coefficient (Wildman–Crippen LogP) is 7.25. The van der Waals surface area contributed by atoms with E-state index in [1.807, 2.05) is 42.5 Å². The number of phenolic OH excluding ortho intramolecular Hbond substituents is 1. The number of rotatable bonds is 12. The summed E-state index contributed by atoms with van der Waals surface area (Å²) in [6.45, 7) is 4.49. The molecule has 3 nitrogen and oxygen atoms in total. The Morgan fingerprint density at radius 3 is 2.18 bits per heavy atom. The largest absolute Gasteiger partial charge is 0.507 e. The minimum absolute atomic E-state index is 0.139. The molecule has 0 aliphatic heterocycles. The first-order valence-electron chi connectivity index (χ1n) is 10.8. The average molecular weight is 382 g/mol. The van der Waals surface area contributed by atoms with Crippen LogP contribution in [0, 0.1) is 0 Å². The molecule has 0 amide bonds. The van der Waals surface area contributed by atoms with Crippen LogP contribution in [0.15, 0.2) is 53.7 Å². The van der Waals surface area contributed by atoms with Gasteiger partial charge in [-0.1, -0.05) is 107 Å². The molecule has 0 bridgehead atoms. The van der Waals surface area contributed by atoms with Gasteiger partial charge in [0.15, 0.2) is 0 Å². The van der Waals surface area contributed by atoms with Crippen LogP contribution < -0.4 is 0 Å². The van der Waals surface area contributed by atoms with Gasteiger partial charge in [-0.15, -0.1) is 0 Å². The van der Waals surface area contributed by atoms with E-state index in [1.54, 1.807) is 6.07 Å². The summed E-state index contributed by atoms with van der Waals surface area (Å²) in [5.74, 6) is 0.551. The van der Waals surface area contributed by atoms with Gasteiger partial charge in [0.25, 0.3) is 0 Å². The van der Waals surface area contributed by atoms with Crippen molar-refractivity contribution < 1.29 is 10.3 Å². The monoisotopic (exact) mass is 381 g/mol. The lowest BCUT2D eigenvalue weighted by Crippen LogP contribution is -2.05. The van der Waals surface area contributed by atoms with Crippen LogP contribution in [0.3, 0.4) is 0 Å². The van der Waals surface area contributed by atoms with Crippen molar-refractivity contribution in [2.45, 2.75) is 77.6 Å². The summed E-state index contributed by atoms with van der Waals surface area (Å²) in [4.78, 5) is 0. The number of oxime groups is 1. The molecule has 0 heterocycles. The van der Waals surface area contributed by atoms with E-state index in [1.165, 1.54) is 56.9 Å². The van der Waals surface area contributed by atoms with E-state index in [0.717, 1.165) is 12.0 Å². The first kappa shape index (κ1) is 22.0. The Morgan fingerprint density at radius 2 is 1.54 bits per heavy atom. The molecule has 0 aromatic heterocycles. The summed E-state index contributed by atoms with van der Waals surface area (Å²) in [5, 5.41) is 23.3. The summed E-state index contributed by atoms with van der Waals surface area (Å²) in [7, 11) is 0. The van der Waals surface area contributed by atoms with Gasteiger partial charge < -0.3 is 10.3 Å². The third-order valence-electron chi connectivity index (χ3n) is 5.48. The van der Waals surface area contributed by atoms with Gasteiger partial charge in [-0.2, -0.15) is 0 Å². The third-order valence-corrected chi connectivity index (χ3v) is 5.48. The molecule has 2 aromatic carbocycles. The van der Waals surface area contributed by atoms with Crippen LogP contribution in [0.25, 0.3) is 0 Å². The fraction of sp³-hybridized carbons (Fsp3) is 0.480. The van der Waals surface area contributed by atoms with Crippen molar-refractivity contribution in [1.82, 2.24) is 0 Å². The van der Waals surface area contributed by atoms with Crippen LogP contribution in [0.2, 0.25) is 0 Å². The number of phenols is 1. The fourth-order valence-electron chi connectivity index (χ4n) is 3.66. The van der Waals surface area contributed by atoms with Crippen LogP contribution in [0.4, 0.5) is 0 Å². The van der Waals surface area contributed by atoms with Crippen molar-refractivity contribution in [2.75, 3.05) is 0 Å². The van der Waals surface area contributed by atoms with E-state index in [4.69, 9.17) is 0 Å². The van der Waals surface area contributed by atoms with Crippen molar-refractivity contribution in [1.29, 1.82) is 0 Å². The summed E-state index contributed by atoms with van der Waals surface area (Å²) < 4.78 is 0. The van der Waals surface area contributed by atoms with E-state index in [-0.39, 0.29) is 5.75 Å². The van der Waals surface area contributed by atoms with Gasteiger partial charge in [-0.3, -0.25) is 0 Å². The maximum atomic E-state index is 10.3. The molecule has 1 atom stereocenters. The number of aromatic hydroxyl groups is 1. The van der Waals surface area contributed by atoms with Crippen molar-refractivity contribution in [3.8, 4) is 5.75 Å². The van der Waals surface area contributed by atoms with Gasteiger partial charge in [0.1, 0.15) is 11.5 Å². The van der Waals surface area contributed by atoms with E-state index in [0.29, 0.717) is 17.2 Å². The van der Waals surface area contributed by atoms with Gasteiger partial charge in [0.2, 0.25) is 0 Å². The number of hydrogen-bond donors (Lipinski definition) is 2. The number of nitrogens with zero attached hydrogens (tertiary/aromatic N) is 1. The first-order valence-corrected chi connectivity index (χ1v) is 10.8. The summed E-state index contributed by atoms with van der Waals surface area (Å²) in [5.41, 5.74) is 2.94. The molecule has 2 N–H and O–H groups in total. The molecule has 0 saturated carbocycles. The lowest BCUT2D eigenvalue weighted by molar-refractivity contribution is 0.319. The van der Waals surface area contributed by atoms with Gasteiger partial charge >= 0.3 is 0 Å². The Hall–Kier alpha value is -2.29. The second kappa shape index (κ2) is 12.2. The quantitative estimate of drug-likeness (QED) is 0.176. The SMILES string of the molecule is CCCCCCCCCCC(C)c1ccc(O)c(C(=NO)c2ccccc2)c1. The van der Waals surface area contributed by atoms with Gasteiger partial charge in [0.05, 0.1) is 0 Å². The molecular formula is C25H35NO2. The fourth-order valence-corrected chi connectivity index (χ4v) is 3.66. The Morgan fingerprint density at radius 1 is 0.893 bits per heavy atom. The van der Waals surface area contributed by atoms with Crippen molar-refractivity contribution >= 4 is 5.71 Å². The minimum atomic E-state index is 0.139. The maximum Gasteiger partial charge on any atom is 0.125 e. The van der Waals surface area contributed by atoms with Gasteiger partial charge in [0, 0.05) is 11.1 Å². The molecule has 1 unspecified atom stereocenters. The van der Waals surface area contributed by atoms with Crippen LogP contribution in [0.5, 0.6) is 5.75 Å². The Labute approximate surface area is 170 Å². The zero-order valence-electron chi connectivity index (χ0n) is 17.4. The summed E-state index contributed by atoms with van der Waals surface area (Å²) in [6.07, 6.45) is 11.7. The van der Waals surface area contributed by atoms with E-state index in [2.05, 4.69) is 19.0 Å². The molecule has 3 heteroatoms. The molecule has 2 rings (SSSR count). The highest BCUT2D eigenvalue weighted by molar-refractivity contribution is 6.14. The molecule has 0 spiro atoms. The molecule has 0 aliphatic rings. The van der Waals surface area contributed by atoms with Crippen LogP contribution >= 0.6 is 0 Å². The summed E-state index contributed by atoms with van der Waals surface area (Å²) >= 11 is 0. The topological polar surface area (TPSA) is 52.8 Å². The minimum Gasteiger partial charge on any atom is -0.507 e. The Bertz CT molecular complexity index is 725. The highest BCUT2D eigenvalue weighted by Crippen LogP contribution is 2.29. The second-order valence-electron chi connectivity index (χ2n) is 7.76. The highest BCUT2D eigenvalue weighted by atomic mass is 16.4. The van der Waals surface area contributed by atoms with Gasteiger partial charge in [-0.05, 0) is 30.0 Å². The first-order chi connectivity index (χ1) is 13.7. The molecule has 0 saturated heterocycles. The molecule has 0 fully saturated rings. The van der Waals surface area contributed by atoms with Crippen molar-refractivity contribution in [3.05, 3.63) is 65.2 Å². The molecule has 152 valence electrons. The van der Waals surface area contributed by atoms with Crippen molar-refractivity contribution in [3.63, 3.8) is 0 Å². The molecule has 0 aliphatic carbocycles. The van der Waals surface area contributed by atoms with E-state index >= 15 is 0 Å². The Balaban J connectivity index is 1.93. The Kier molecular flexibility index (Phi) is 9.61. The standard InChI is InChI=1S/C25H35NO2/c1-3-4-5-6-7-8-9-11-14-20(2)22-17-18-24(27)23(19-22)25(26-28)21-15-12-10-13-16-21/h10,12-13,15-20,27-28H,3-9,11,14H2,1-2H3. The predicted molar refractivity (Wildman–Crippen MR) is 118 cm³/mol. The zero-order chi connectivity index (χ0) is 20.2. The maximum absolute atomic E-state index is 10.3. The van der Waals surface area contributed by atoms with Crippen LogP contribution in [-0.4, -0.2) is 16.0 Å². The zero-order valence-corrected chi connectivity index (χ0v) is 17.4. The number of benzene rings is 2. The van der Waals surface area contributed by atoms with Gasteiger partial charge in [-0.25, -0.2) is 0 Å². The van der Waals surface area contributed by atoms with Crippen LogP contribution in [-0.2, 0) is 0 Å². The second-order valence-corrected chi connectivity index (χ2v) is 7.76. The molecule has 0 radical (unpaired) electrons. The molecule has 2 aromatic rings. The highest BCUT2D eigenvalue weighted by Gasteiger charge is 2.15. The molecule has 28 heavy (non-hydrogen) atoms. The van der Waals surface area contributed by atoms with Crippen LogP contribution in [0.1, 0.15) is 94.2 Å². The number of hydrogen-bond acceptors (Lipinski definition) is 3. The molecular weight excluding hydrogens is 346 g/mol. The third kappa shape index (κ3) is 6.70. The van der Waals surface area contributed by atoms with E-state index in [9.17, 15) is 10.3 Å². The number of unbranched alkanes of at least 4 members (excludes halogenated alkanes) is 7.